The van der Waals surface area contributed by atoms with Gasteiger partial charge in [-0.25, -0.2) is 4.79 Å². The lowest BCUT2D eigenvalue weighted by Gasteiger charge is -2.07. The summed E-state index contributed by atoms with van der Waals surface area (Å²) in [5.41, 5.74) is -0.816. The van der Waals surface area contributed by atoms with Crippen LogP contribution in [0.4, 0.5) is 5.69 Å². The van der Waals surface area contributed by atoms with Gasteiger partial charge in [-0.2, -0.15) is 0 Å². The van der Waals surface area contributed by atoms with Crippen molar-refractivity contribution in [3.8, 4) is 5.75 Å². The molecule has 1 aromatic carbocycles. The summed E-state index contributed by atoms with van der Waals surface area (Å²) in [6, 6.07) is 4.07. The van der Waals surface area contributed by atoms with Gasteiger partial charge in [0.1, 0.15) is 5.56 Å². The number of nitro groups is 1. The third-order valence-electron chi connectivity index (χ3n) is 2.58. The summed E-state index contributed by atoms with van der Waals surface area (Å²) in [4.78, 5) is 21.0. The van der Waals surface area contributed by atoms with Crippen LogP contribution in [-0.4, -0.2) is 22.6 Å². The Morgan fingerprint density at radius 3 is 2.76 bits per heavy atom. The molecule has 0 unspecified atom stereocenters. The Morgan fingerprint density at radius 1 is 1.53 bits per heavy atom. The van der Waals surface area contributed by atoms with E-state index in [-0.39, 0.29) is 11.3 Å². The van der Waals surface area contributed by atoms with E-state index >= 15 is 0 Å². The Balaban J connectivity index is 2.31. The van der Waals surface area contributed by atoms with Gasteiger partial charge >= 0.3 is 11.7 Å². The number of rotatable bonds is 5. The fraction of sp³-hybridized carbons (Fsp3) is 0.364. The molecule has 1 saturated carbocycles. The van der Waals surface area contributed by atoms with Crippen LogP contribution in [-0.2, 0) is 0 Å². The smallest absolute Gasteiger partial charge is 0.342 e. The Hall–Kier alpha value is -2.11. The molecule has 1 aliphatic carbocycles. The van der Waals surface area contributed by atoms with Crippen molar-refractivity contribution in [2.24, 2.45) is 5.92 Å². The molecule has 0 aromatic heterocycles. The maximum atomic E-state index is 10.9. The number of nitrogens with zero attached hydrogens (tertiary/aromatic N) is 1. The van der Waals surface area contributed by atoms with Crippen LogP contribution in [0, 0.1) is 16.0 Å². The van der Waals surface area contributed by atoms with Crippen molar-refractivity contribution in [3.63, 3.8) is 0 Å². The zero-order chi connectivity index (χ0) is 12.4. The second kappa shape index (κ2) is 4.40. The molecule has 0 saturated heterocycles. The van der Waals surface area contributed by atoms with Crippen LogP contribution in [0.5, 0.6) is 5.75 Å². The molecule has 0 heterocycles. The van der Waals surface area contributed by atoms with E-state index in [0.29, 0.717) is 12.5 Å². The number of aromatic carboxylic acids is 1. The first kappa shape index (κ1) is 11.4. The topological polar surface area (TPSA) is 89.7 Å². The van der Waals surface area contributed by atoms with E-state index < -0.39 is 16.6 Å². The fourth-order valence-electron chi connectivity index (χ4n) is 1.49. The predicted octanol–water partition coefficient (Wildman–Crippen LogP) is 2.08. The molecule has 17 heavy (non-hydrogen) atoms. The standard InChI is InChI=1S/C11H11NO5/c13-11(14)8-2-1-3-9(10(8)12(15)16)17-6-7-4-5-7/h1-3,7H,4-6H2,(H,13,14). The number of carboxylic acids is 1. The Labute approximate surface area is 97.0 Å². The summed E-state index contributed by atoms with van der Waals surface area (Å²) in [6.45, 7) is 0.407. The summed E-state index contributed by atoms with van der Waals surface area (Å²) >= 11 is 0. The van der Waals surface area contributed by atoms with Crippen LogP contribution in [0.1, 0.15) is 23.2 Å². The highest BCUT2D eigenvalue weighted by Crippen LogP contribution is 2.34. The second-order valence-electron chi connectivity index (χ2n) is 3.97. The summed E-state index contributed by atoms with van der Waals surface area (Å²) < 4.78 is 5.31. The van der Waals surface area contributed by atoms with Crippen molar-refractivity contribution >= 4 is 11.7 Å². The molecule has 6 heteroatoms. The third kappa shape index (κ3) is 2.52. The van der Waals surface area contributed by atoms with Crippen molar-refractivity contribution in [2.45, 2.75) is 12.8 Å². The highest BCUT2D eigenvalue weighted by Gasteiger charge is 2.27. The minimum atomic E-state index is -1.33. The van der Waals surface area contributed by atoms with Crippen molar-refractivity contribution in [2.75, 3.05) is 6.61 Å². The van der Waals surface area contributed by atoms with Gasteiger partial charge in [0.25, 0.3) is 0 Å². The monoisotopic (exact) mass is 237 g/mol. The Morgan fingerprint density at radius 2 is 2.24 bits per heavy atom. The Kier molecular flexibility index (Phi) is 2.95. The lowest BCUT2D eigenvalue weighted by atomic mass is 10.1. The molecule has 0 aliphatic heterocycles. The number of benzene rings is 1. The van der Waals surface area contributed by atoms with Gasteiger partial charge < -0.3 is 9.84 Å². The van der Waals surface area contributed by atoms with E-state index in [1.54, 1.807) is 0 Å². The average molecular weight is 237 g/mol. The molecule has 0 atom stereocenters. The quantitative estimate of drug-likeness (QED) is 0.625. The minimum absolute atomic E-state index is 0.0294. The Bertz CT molecular complexity index is 467. The summed E-state index contributed by atoms with van der Waals surface area (Å²) in [6.07, 6.45) is 2.12. The van der Waals surface area contributed by atoms with Crippen LogP contribution in [0.3, 0.4) is 0 Å². The zero-order valence-electron chi connectivity index (χ0n) is 8.96. The SMILES string of the molecule is O=C(O)c1cccc(OCC2CC2)c1[N+](=O)[O-]. The highest BCUT2D eigenvalue weighted by atomic mass is 16.6. The lowest BCUT2D eigenvalue weighted by molar-refractivity contribution is -0.386. The second-order valence-corrected chi connectivity index (χ2v) is 3.97. The van der Waals surface area contributed by atoms with E-state index in [0.717, 1.165) is 12.8 Å². The molecule has 1 aromatic rings. The summed E-state index contributed by atoms with van der Waals surface area (Å²) in [7, 11) is 0. The zero-order valence-corrected chi connectivity index (χ0v) is 8.96. The van der Waals surface area contributed by atoms with E-state index in [9.17, 15) is 14.9 Å². The molecule has 0 spiro atoms. The number of hydrogen-bond acceptors (Lipinski definition) is 4. The first-order valence-corrected chi connectivity index (χ1v) is 5.23. The normalized spacial score (nSPS) is 14.4. The van der Waals surface area contributed by atoms with Gasteiger partial charge in [0.15, 0.2) is 5.75 Å². The van der Waals surface area contributed by atoms with Crippen LogP contribution in [0.25, 0.3) is 0 Å². The number of carboxylic acid groups (broad SMARTS) is 1. The van der Waals surface area contributed by atoms with E-state index in [2.05, 4.69) is 0 Å². The van der Waals surface area contributed by atoms with Crippen LogP contribution in [0.2, 0.25) is 0 Å². The van der Waals surface area contributed by atoms with Gasteiger partial charge in [-0.05, 0) is 30.9 Å². The molecule has 1 N–H and O–H groups in total. The van der Waals surface area contributed by atoms with Crippen LogP contribution in [0.15, 0.2) is 18.2 Å². The van der Waals surface area contributed by atoms with E-state index in [4.69, 9.17) is 9.84 Å². The minimum Gasteiger partial charge on any atom is -0.486 e. The number of para-hydroxylation sites is 1. The van der Waals surface area contributed by atoms with Crippen molar-refractivity contribution in [3.05, 3.63) is 33.9 Å². The number of carbonyl (C=O) groups is 1. The molecular weight excluding hydrogens is 226 g/mol. The first-order valence-electron chi connectivity index (χ1n) is 5.23. The van der Waals surface area contributed by atoms with Gasteiger partial charge in [-0.3, -0.25) is 10.1 Å². The summed E-state index contributed by atoms with van der Waals surface area (Å²) in [5.74, 6) is -0.849. The molecule has 0 bridgehead atoms. The number of nitro benzene ring substituents is 1. The molecule has 1 fully saturated rings. The maximum Gasteiger partial charge on any atom is 0.342 e. The maximum absolute atomic E-state index is 10.9. The average Bonchev–Trinajstić information content (AvgIpc) is 3.09. The molecular formula is C11H11NO5. The largest absolute Gasteiger partial charge is 0.486 e. The molecule has 0 radical (unpaired) electrons. The van der Waals surface area contributed by atoms with Gasteiger partial charge in [0.05, 0.1) is 11.5 Å². The van der Waals surface area contributed by atoms with Crippen molar-refractivity contribution < 1.29 is 19.6 Å². The number of hydrogen-bond donors (Lipinski definition) is 1. The van der Waals surface area contributed by atoms with Crippen molar-refractivity contribution in [1.82, 2.24) is 0 Å². The molecule has 1 aliphatic rings. The molecule has 2 rings (SSSR count). The predicted molar refractivity (Wildman–Crippen MR) is 58.3 cm³/mol. The van der Waals surface area contributed by atoms with Gasteiger partial charge in [-0.1, -0.05) is 6.07 Å². The van der Waals surface area contributed by atoms with Crippen LogP contribution >= 0.6 is 0 Å². The van der Waals surface area contributed by atoms with E-state index in [1.807, 2.05) is 0 Å². The number of ether oxygens (including phenoxy) is 1. The molecule has 6 nitrogen and oxygen atoms in total. The van der Waals surface area contributed by atoms with Gasteiger partial charge in [-0.15, -0.1) is 0 Å². The molecule has 90 valence electrons. The highest BCUT2D eigenvalue weighted by molar-refractivity contribution is 5.93. The van der Waals surface area contributed by atoms with Gasteiger partial charge in [0.2, 0.25) is 0 Å². The first-order chi connectivity index (χ1) is 8.09. The third-order valence-corrected chi connectivity index (χ3v) is 2.58. The van der Waals surface area contributed by atoms with E-state index in [1.165, 1.54) is 18.2 Å². The summed E-state index contributed by atoms with van der Waals surface area (Å²) in [5, 5.41) is 19.7. The van der Waals surface area contributed by atoms with Crippen LogP contribution < -0.4 is 4.74 Å². The lowest BCUT2D eigenvalue weighted by Crippen LogP contribution is -2.07. The van der Waals surface area contributed by atoms with Crippen molar-refractivity contribution in [1.29, 1.82) is 0 Å². The van der Waals surface area contributed by atoms with Gasteiger partial charge in [0, 0.05) is 0 Å². The molecule has 0 amide bonds. The fourth-order valence-corrected chi connectivity index (χ4v) is 1.49.